The summed E-state index contributed by atoms with van der Waals surface area (Å²) >= 11 is 6.01. The van der Waals surface area contributed by atoms with Crippen LogP contribution in [-0.2, 0) is 5.41 Å². The topological polar surface area (TPSA) is 59.4 Å². The molecule has 0 bridgehead atoms. The van der Waals surface area contributed by atoms with Crippen LogP contribution in [0.3, 0.4) is 0 Å². The molecule has 16 heavy (non-hydrogen) atoms. The summed E-state index contributed by atoms with van der Waals surface area (Å²) < 4.78 is 4.95. The zero-order chi connectivity index (χ0) is 12.5. The second-order valence-electron chi connectivity index (χ2n) is 4.43. The van der Waals surface area contributed by atoms with Gasteiger partial charge in [-0.3, -0.25) is 0 Å². The Balaban J connectivity index is 3.43. The van der Waals surface area contributed by atoms with Crippen LogP contribution in [-0.4, -0.2) is 23.2 Å². The van der Waals surface area contributed by atoms with Crippen LogP contribution >= 0.6 is 11.6 Å². The Labute approximate surface area is 99.2 Å². The van der Waals surface area contributed by atoms with E-state index in [2.05, 4.69) is 4.98 Å². The van der Waals surface area contributed by atoms with Crippen LogP contribution in [0.1, 0.15) is 36.8 Å². The molecule has 0 aromatic carbocycles. The van der Waals surface area contributed by atoms with Crippen molar-refractivity contribution >= 4 is 17.6 Å². The SMILES string of the molecule is COc1nc(C(C)(C)C)c(Cl)cc1C(=O)O. The Morgan fingerprint density at radius 2 is 2.06 bits per heavy atom. The van der Waals surface area contributed by atoms with Gasteiger partial charge in [-0.2, -0.15) is 0 Å². The molecular weight excluding hydrogens is 230 g/mol. The van der Waals surface area contributed by atoms with E-state index >= 15 is 0 Å². The zero-order valence-electron chi connectivity index (χ0n) is 9.67. The van der Waals surface area contributed by atoms with Crippen molar-refractivity contribution in [2.45, 2.75) is 26.2 Å². The monoisotopic (exact) mass is 243 g/mol. The first-order valence-corrected chi connectivity index (χ1v) is 5.13. The molecule has 0 spiro atoms. The van der Waals surface area contributed by atoms with Crippen molar-refractivity contribution in [2.75, 3.05) is 7.11 Å². The van der Waals surface area contributed by atoms with Crippen molar-refractivity contribution in [3.05, 3.63) is 22.3 Å². The van der Waals surface area contributed by atoms with Crippen LogP contribution in [0.2, 0.25) is 5.02 Å². The highest BCUT2D eigenvalue weighted by atomic mass is 35.5. The number of methoxy groups -OCH3 is 1. The number of aromatic nitrogens is 1. The Morgan fingerprint density at radius 3 is 2.44 bits per heavy atom. The molecule has 0 aliphatic heterocycles. The third kappa shape index (κ3) is 2.44. The van der Waals surface area contributed by atoms with Gasteiger partial charge in [-0.25, -0.2) is 9.78 Å². The predicted molar refractivity (Wildman–Crippen MR) is 61.5 cm³/mol. The van der Waals surface area contributed by atoms with Crippen molar-refractivity contribution < 1.29 is 14.6 Å². The van der Waals surface area contributed by atoms with Gasteiger partial charge in [-0.1, -0.05) is 32.4 Å². The minimum Gasteiger partial charge on any atom is -0.480 e. The Morgan fingerprint density at radius 1 is 1.50 bits per heavy atom. The highest BCUT2D eigenvalue weighted by Crippen LogP contribution is 2.31. The standard InChI is InChI=1S/C11H14ClNO3/c1-11(2,3)8-7(12)5-6(10(14)15)9(13-8)16-4/h5H,1-4H3,(H,14,15). The molecule has 0 aliphatic rings. The zero-order valence-corrected chi connectivity index (χ0v) is 10.4. The molecule has 0 fully saturated rings. The highest BCUT2D eigenvalue weighted by Gasteiger charge is 2.24. The summed E-state index contributed by atoms with van der Waals surface area (Å²) in [5.74, 6) is -1.02. The van der Waals surface area contributed by atoms with E-state index in [0.29, 0.717) is 10.7 Å². The van der Waals surface area contributed by atoms with Crippen molar-refractivity contribution in [2.24, 2.45) is 0 Å². The fourth-order valence-corrected chi connectivity index (χ4v) is 1.74. The lowest BCUT2D eigenvalue weighted by Crippen LogP contribution is -2.16. The molecule has 0 aliphatic carbocycles. The van der Waals surface area contributed by atoms with Gasteiger partial charge in [-0.15, -0.1) is 0 Å². The van der Waals surface area contributed by atoms with Gasteiger partial charge in [0.25, 0.3) is 0 Å². The number of halogens is 1. The lowest BCUT2D eigenvalue weighted by molar-refractivity contribution is 0.0692. The van der Waals surface area contributed by atoms with Gasteiger partial charge >= 0.3 is 5.97 Å². The first-order chi connectivity index (χ1) is 7.27. The van der Waals surface area contributed by atoms with E-state index < -0.39 is 5.97 Å². The third-order valence-corrected chi connectivity index (χ3v) is 2.36. The smallest absolute Gasteiger partial charge is 0.341 e. The second-order valence-corrected chi connectivity index (χ2v) is 4.84. The maximum Gasteiger partial charge on any atom is 0.341 e. The highest BCUT2D eigenvalue weighted by molar-refractivity contribution is 6.31. The number of nitrogens with zero attached hydrogens (tertiary/aromatic N) is 1. The molecule has 0 saturated heterocycles. The van der Waals surface area contributed by atoms with Crippen LogP contribution in [0.15, 0.2) is 6.07 Å². The van der Waals surface area contributed by atoms with Crippen LogP contribution in [0.4, 0.5) is 0 Å². The number of aromatic carboxylic acids is 1. The maximum absolute atomic E-state index is 10.9. The number of rotatable bonds is 2. The first kappa shape index (κ1) is 12.8. The summed E-state index contributed by atoms with van der Waals surface area (Å²) in [6.07, 6.45) is 0. The van der Waals surface area contributed by atoms with Crippen LogP contribution < -0.4 is 4.74 Å². The summed E-state index contributed by atoms with van der Waals surface area (Å²) in [6, 6.07) is 1.37. The van der Waals surface area contributed by atoms with Gasteiger partial charge in [0, 0.05) is 5.41 Å². The third-order valence-electron chi connectivity index (χ3n) is 2.08. The summed E-state index contributed by atoms with van der Waals surface area (Å²) in [5, 5.41) is 9.27. The predicted octanol–water partition coefficient (Wildman–Crippen LogP) is 2.74. The normalized spacial score (nSPS) is 11.3. The van der Waals surface area contributed by atoms with E-state index in [0.717, 1.165) is 0 Å². The fraction of sp³-hybridized carbons (Fsp3) is 0.455. The molecule has 4 nitrogen and oxygen atoms in total. The van der Waals surface area contributed by atoms with E-state index in [1.165, 1.54) is 13.2 Å². The number of carboxylic acid groups (broad SMARTS) is 1. The van der Waals surface area contributed by atoms with Crippen molar-refractivity contribution in [3.63, 3.8) is 0 Å². The van der Waals surface area contributed by atoms with E-state index in [1.807, 2.05) is 20.8 Å². The lowest BCUT2D eigenvalue weighted by Gasteiger charge is -2.20. The molecule has 1 N–H and O–H groups in total. The minimum absolute atomic E-state index is 0.0273. The van der Waals surface area contributed by atoms with Crippen LogP contribution in [0, 0.1) is 0 Å². The Kier molecular flexibility index (Phi) is 3.43. The van der Waals surface area contributed by atoms with Gasteiger partial charge < -0.3 is 9.84 Å². The second kappa shape index (κ2) is 4.29. The van der Waals surface area contributed by atoms with Gasteiger partial charge in [0.1, 0.15) is 5.56 Å². The van der Waals surface area contributed by atoms with Crippen molar-refractivity contribution in [1.29, 1.82) is 0 Å². The molecule has 0 amide bonds. The molecule has 0 saturated carbocycles. The van der Waals surface area contributed by atoms with Crippen molar-refractivity contribution in [3.8, 4) is 5.88 Å². The molecule has 88 valence electrons. The van der Waals surface area contributed by atoms with E-state index in [1.54, 1.807) is 0 Å². The van der Waals surface area contributed by atoms with Gasteiger partial charge in [0.2, 0.25) is 5.88 Å². The van der Waals surface area contributed by atoms with Gasteiger partial charge in [0.05, 0.1) is 17.8 Å². The van der Waals surface area contributed by atoms with E-state index in [-0.39, 0.29) is 16.9 Å². The maximum atomic E-state index is 10.9. The molecule has 0 radical (unpaired) electrons. The average molecular weight is 244 g/mol. The first-order valence-electron chi connectivity index (χ1n) is 4.75. The molecule has 0 atom stereocenters. The van der Waals surface area contributed by atoms with E-state index in [4.69, 9.17) is 21.4 Å². The molecule has 1 aromatic rings. The lowest BCUT2D eigenvalue weighted by atomic mass is 9.91. The number of hydrogen-bond donors (Lipinski definition) is 1. The number of hydrogen-bond acceptors (Lipinski definition) is 3. The summed E-state index contributed by atoms with van der Waals surface area (Å²) in [5.41, 5.74) is 0.331. The fourth-order valence-electron chi connectivity index (χ4n) is 1.31. The molecule has 1 heterocycles. The number of carbonyl (C=O) groups is 1. The minimum atomic E-state index is -1.10. The molecule has 0 unspecified atom stereocenters. The molecule has 5 heteroatoms. The largest absolute Gasteiger partial charge is 0.480 e. The quantitative estimate of drug-likeness (QED) is 0.868. The molecular formula is C11H14ClNO3. The Hall–Kier alpha value is -1.29. The molecule has 1 aromatic heterocycles. The number of pyridine rings is 1. The van der Waals surface area contributed by atoms with Crippen LogP contribution in [0.5, 0.6) is 5.88 Å². The van der Waals surface area contributed by atoms with Gasteiger partial charge in [0.15, 0.2) is 0 Å². The summed E-state index contributed by atoms with van der Waals surface area (Å²) in [7, 11) is 1.38. The van der Waals surface area contributed by atoms with E-state index in [9.17, 15) is 4.79 Å². The average Bonchev–Trinajstić information content (AvgIpc) is 2.15. The molecule has 1 rings (SSSR count). The van der Waals surface area contributed by atoms with Crippen LogP contribution in [0.25, 0.3) is 0 Å². The number of ether oxygens (including phenoxy) is 1. The summed E-state index contributed by atoms with van der Waals surface area (Å²) in [4.78, 5) is 15.1. The summed E-state index contributed by atoms with van der Waals surface area (Å²) in [6.45, 7) is 5.84. The van der Waals surface area contributed by atoms with Crippen molar-refractivity contribution in [1.82, 2.24) is 4.98 Å². The number of carboxylic acids is 1. The van der Waals surface area contributed by atoms with Gasteiger partial charge in [-0.05, 0) is 6.07 Å². The Bertz CT molecular complexity index is 424.